The van der Waals surface area contributed by atoms with Crippen LogP contribution in [-0.4, -0.2) is 43.3 Å². The molecule has 27 heavy (non-hydrogen) atoms. The van der Waals surface area contributed by atoms with Crippen molar-refractivity contribution in [2.24, 2.45) is 34.0 Å². The molecule has 0 aromatic carbocycles. The van der Waals surface area contributed by atoms with Gasteiger partial charge in [-0.25, -0.2) is 4.79 Å². The lowest BCUT2D eigenvalue weighted by molar-refractivity contribution is -0.221. The summed E-state index contributed by atoms with van der Waals surface area (Å²) in [6.07, 6.45) is 4.20. The van der Waals surface area contributed by atoms with Gasteiger partial charge in [0, 0.05) is 23.2 Å². The number of rotatable bonds is 0. The van der Waals surface area contributed by atoms with Crippen molar-refractivity contribution in [3.63, 3.8) is 0 Å². The van der Waals surface area contributed by atoms with Crippen LogP contribution in [0.1, 0.15) is 59.8 Å². The number of carbonyl (C=O) groups is 2. The summed E-state index contributed by atoms with van der Waals surface area (Å²) in [6.45, 7) is 9.58. The number of fused-ring (bicyclic) bond motifs is 2. The molecule has 2 aliphatic heterocycles. The van der Waals surface area contributed by atoms with Crippen molar-refractivity contribution >= 4 is 11.8 Å². The Hall–Kier alpha value is -0.940. The van der Waals surface area contributed by atoms with E-state index in [9.17, 15) is 9.59 Å². The largest absolute Gasteiger partial charge is 0.460 e. The van der Waals surface area contributed by atoms with Crippen LogP contribution in [0.5, 0.6) is 0 Å². The van der Waals surface area contributed by atoms with Gasteiger partial charge in [0.15, 0.2) is 0 Å². The van der Waals surface area contributed by atoms with Crippen LogP contribution in [0.15, 0.2) is 0 Å². The summed E-state index contributed by atoms with van der Waals surface area (Å²) in [7, 11) is 0. The highest BCUT2D eigenvalue weighted by Gasteiger charge is 2.70. The van der Waals surface area contributed by atoms with Gasteiger partial charge >= 0.3 is 5.97 Å². The summed E-state index contributed by atoms with van der Waals surface area (Å²) in [6, 6.07) is 0. The van der Waals surface area contributed by atoms with Crippen molar-refractivity contribution in [3.05, 3.63) is 0 Å². The fourth-order valence-corrected chi connectivity index (χ4v) is 7.91. The van der Waals surface area contributed by atoms with Crippen LogP contribution in [0.25, 0.3) is 0 Å². The zero-order chi connectivity index (χ0) is 19.2. The molecule has 2 heterocycles. The van der Waals surface area contributed by atoms with Gasteiger partial charge in [-0.2, -0.15) is 0 Å². The van der Waals surface area contributed by atoms with E-state index < -0.39 is 0 Å². The highest BCUT2D eigenvalue weighted by molar-refractivity contribution is 5.85. The van der Waals surface area contributed by atoms with E-state index in [1.54, 1.807) is 0 Å². The quantitative estimate of drug-likeness (QED) is 0.608. The first kappa shape index (κ1) is 18.1. The van der Waals surface area contributed by atoms with Crippen LogP contribution in [0.4, 0.5) is 0 Å². The summed E-state index contributed by atoms with van der Waals surface area (Å²) >= 11 is 0. The zero-order valence-electron chi connectivity index (χ0n) is 17.0. The lowest BCUT2D eigenvalue weighted by atomic mass is 9.43. The van der Waals surface area contributed by atoms with E-state index in [0.29, 0.717) is 30.6 Å². The second-order valence-corrected chi connectivity index (χ2v) is 10.5. The molecule has 5 aliphatic rings. The lowest BCUT2D eigenvalue weighted by Crippen LogP contribution is -2.64. The van der Waals surface area contributed by atoms with Crippen LogP contribution >= 0.6 is 0 Å². The molecule has 5 rings (SSSR count). The number of esters is 1. The number of hydrogen-bond donors (Lipinski definition) is 0. The van der Waals surface area contributed by atoms with Gasteiger partial charge in [0.2, 0.25) is 0 Å². The topological polar surface area (TPSA) is 61.8 Å². The van der Waals surface area contributed by atoms with Crippen molar-refractivity contribution in [2.45, 2.75) is 78.1 Å². The molecule has 3 saturated carbocycles. The van der Waals surface area contributed by atoms with Gasteiger partial charge in [0.1, 0.15) is 18.5 Å². The van der Waals surface area contributed by atoms with E-state index in [0.717, 1.165) is 25.7 Å². The molecule has 0 spiro atoms. The molecule has 0 aromatic rings. The maximum absolute atomic E-state index is 13.3. The average molecular weight is 376 g/mol. The minimum absolute atomic E-state index is 0.0184. The highest BCUT2D eigenvalue weighted by Crippen LogP contribution is 2.69. The first-order chi connectivity index (χ1) is 12.7. The first-order valence-electron chi connectivity index (χ1n) is 10.7. The molecule has 5 nitrogen and oxygen atoms in total. The van der Waals surface area contributed by atoms with Crippen molar-refractivity contribution in [1.29, 1.82) is 0 Å². The standard InChI is InChI=1S/C22H32O5/c1-12-5-7-22-8-6-14(23)18(22)21(12,4)15-9-20(3)16(25-11-17(24)27-15)10-26-19(20)13(22)2/h12-13,15-16,18-19H,5-11H2,1-4H3/t12-,13-,15+,16+,18+,19-,20-,21+,22-/m0/s1. The molecular weight excluding hydrogens is 344 g/mol. The number of carbonyl (C=O) groups excluding carboxylic acids is 2. The van der Waals surface area contributed by atoms with Gasteiger partial charge in [0.05, 0.1) is 18.8 Å². The van der Waals surface area contributed by atoms with E-state index >= 15 is 0 Å². The smallest absolute Gasteiger partial charge is 0.332 e. The van der Waals surface area contributed by atoms with Crippen LogP contribution in [0.2, 0.25) is 0 Å². The molecule has 0 N–H and O–H groups in total. The van der Waals surface area contributed by atoms with Crippen LogP contribution in [0, 0.1) is 34.0 Å². The SMILES string of the molecule is C[C@H]1[C@@H]2OC[C@H]3OCC(=O)O[C@H](C[C@@]32C)[C@@]2(C)[C@@H](C)CC[C@]13CCC(=O)[C@@H]32. The Morgan fingerprint density at radius 1 is 1.04 bits per heavy atom. The summed E-state index contributed by atoms with van der Waals surface area (Å²) in [4.78, 5) is 25.7. The van der Waals surface area contributed by atoms with Crippen molar-refractivity contribution in [3.8, 4) is 0 Å². The highest BCUT2D eigenvalue weighted by atomic mass is 16.6. The van der Waals surface area contributed by atoms with E-state index in [1.165, 1.54) is 0 Å². The molecule has 3 aliphatic carbocycles. The molecule has 0 radical (unpaired) electrons. The van der Waals surface area contributed by atoms with Crippen molar-refractivity contribution in [1.82, 2.24) is 0 Å². The number of ether oxygens (including phenoxy) is 3. The normalized spacial score (nSPS) is 57.2. The summed E-state index contributed by atoms with van der Waals surface area (Å²) in [5.74, 6) is 0.700. The van der Waals surface area contributed by atoms with Gasteiger partial charge in [-0.1, -0.05) is 27.7 Å². The van der Waals surface area contributed by atoms with Gasteiger partial charge in [-0.15, -0.1) is 0 Å². The Morgan fingerprint density at radius 3 is 2.59 bits per heavy atom. The second kappa shape index (κ2) is 5.56. The third-order valence-corrected chi connectivity index (χ3v) is 9.63. The van der Waals surface area contributed by atoms with Gasteiger partial charge in [-0.05, 0) is 42.9 Å². The van der Waals surface area contributed by atoms with Crippen LogP contribution in [-0.2, 0) is 23.8 Å². The Morgan fingerprint density at radius 2 is 1.81 bits per heavy atom. The van der Waals surface area contributed by atoms with Gasteiger partial charge in [-0.3, -0.25) is 4.79 Å². The zero-order valence-corrected chi connectivity index (χ0v) is 17.0. The molecule has 5 heteroatoms. The predicted octanol–water partition coefficient (Wildman–Crippen LogP) is 3.14. The maximum Gasteiger partial charge on any atom is 0.332 e. The molecule has 4 bridgehead atoms. The Balaban J connectivity index is 1.73. The molecule has 0 amide bonds. The third-order valence-electron chi connectivity index (χ3n) is 9.63. The summed E-state index contributed by atoms with van der Waals surface area (Å²) in [5, 5.41) is 0. The number of Topliss-reactive ketones (excluding diaryl/α,β-unsaturated/α-hetero) is 1. The van der Waals surface area contributed by atoms with Gasteiger partial charge in [0.25, 0.3) is 0 Å². The fraction of sp³-hybridized carbons (Fsp3) is 0.909. The van der Waals surface area contributed by atoms with E-state index in [4.69, 9.17) is 14.2 Å². The van der Waals surface area contributed by atoms with Crippen LogP contribution < -0.4 is 0 Å². The van der Waals surface area contributed by atoms with Crippen molar-refractivity contribution in [2.75, 3.05) is 13.2 Å². The third kappa shape index (κ3) is 2.08. The molecular formula is C22H32O5. The second-order valence-electron chi connectivity index (χ2n) is 10.5. The fourth-order valence-electron chi connectivity index (χ4n) is 7.91. The van der Waals surface area contributed by atoms with Crippen LogP contribution in [0.3, 0.4) is 0 Å². The Labute approximate surface area is 161 Å². The molecule has 0 aromatic heterocycles. The number of ketones is 1. The Kier molecular flexibility index (Phi) is 3.73. The van der Waals surface area contributed by atoms with Crippen molar-refractivity contribution < 1.29 is 23.8 Å². The number of hydrogen-bond acceptors (Lipinski definition) is 5. The van der Waals surface area contributed by atoms with E-state index in [2.05, 4.69) is 27.7 Å². The summed E-state index contributed by atoms with van der Waals surface area (Å²) < 4.78 is 18.4. The predicted molar refractivity (Wildman–Crippen MR) is 97.9 cm³/mol. The maximum atomic E-state index is 13.3. The molecule has 9 atom stereocenters. The van der Waals surface area contributed by atoms with E-state index in [1.807, 2.05) is 0 Å². The van der Waals surface area contributed by atoms with E-state index in [-0.39, 0.29) is 53.1 Å². The first-order valence-corrected chi connectivity index (χ1v) is 10.7. The molecule has 150 valence electrons. The average Bonchev–Trinajstić information content (AvgIpc) is 3.12. The molecule has 2 saturated heterocycles. The Bertz CT molecular complexity index is 690. The molecule has 5 fully saturated rings. The minimum atomic E-state index is -0.311. The monoisotopic (exact) mass is 376 g/mol. The summed E-state index contributed by atoms with van der Waals surface area (Å²) in [5.41, 5.74) is -0.537. The molecule has 0 unspecified atom stereocenters. The van der Waals surface area contributed by atoms with Gasteiger partial charge < -0.3 is 14.2 Å². The minimum Gasteiger partial charge on any atom is -0.460 e. The lowest BCUT2D eigenvalue weighted by Gasteiger charge is -2.62.